The van der Waals surface area contributed by atoms with Gasteiger partial charge in [0.2, 0.25) is 0 Å². The lowest BCUT2D eigenvalue weighted by Crippen LogP contribution is -2.23. The van der Waals surface area contributed by atoms with Gasteiger partial charge in [-0.3, -0.25) is 14.0 Å². The number of rotatable bonds is 2. The van der Waals surface area contributed by atoms with Crippen LogP contribution in [-0.2, 0) is 0 Å². The molecule has 0 saturated carbocycles. The van der Waals surface area contributed by atoms with Gasteiger partial charge in [0.1, 0.15) is 12.1 Å². The van der Waals surface area contributed by atoms with Crippen LogP contribution in [-0.4, -0.2) is 45.5 Å². The number of aromatic nitrogens is 4. The molecule has 2 heterocycles. The van der Waals surface area contributed by atoms with E-state index >= 15 is 0 Å². The molecule has 0 aromatic carbocycles. The van der Waals surface area contributed by atoms with E-state index in [1.54, 1.807) is 0 Å². The van der Waals surface area contributed by atoms with E-state index in [9.17, 15) is 9.59 Å². The number of nitrogens with two attached hydrogens (primary N) is 1. The Morgan fingerprint density at radius 2 is 1.78 bits per heavy atom. The summed E-state index contributed by atoms with van der Waals surface area (Å²) < 4.78 is 1.34. The van der Waals surface area contributed by atoms with Crippen molar-refractivity contribution in [3.05, 3.63) is 17.7 Å². The Labute approximate surface area is 101 Å². The van der Waals surface area contributed by atoms with Crippen molar-refractivity contribution in [1.82, 2.24) is 30.2 Å². The summed E-state index contributed by atoms with van der Waals surface area (Å²) in [6, 6.07) is 0. The van der Waals surface area contributed by atoms with E-state index in [2.05, 4.69) is 25.8 Å². The number of nitrogens with zero attached hydrogens (tertiary/aromatic N) is 4. The van der Waals surface area contributed by atoms with Crippen molar-refractivity contribution in [3.8, 4) is 0 Å². The molecule has 9 heteroatoms. The minimum atomic E-state index is -0.461. The fraction of sp³-hybridized carbons (Fsp3) is 0.222. The number of carbonyl (C=O) groups is 2. The maximum absolute atomic E-state index is 11.5. The van der Waals surface area contributed by atoms with E-state index in [1.807, 2.05) is 0 Å². The molecule has 2 aromatic heterocycles. The van der Waals surface area contributed by atoms with Crippen molar-refractivity contribution in [3.63, 3.8) is 0 Å². The van der Waals surface area contributed by atoms with Crippen LogP contribution in [0, 0.1) is 0 Å². The van der Waals surface area contributed by atoms with Crippen LogP contribution in [0.3, 0.4) is 0 Å². The largest absolute Gasteiger partial charge is 0.383 e. The lowest BCUT2D eigenvalue weighted by Gasteiger charge is -2.04. The summed E-state index contributed by atoms with van der Waals surface area (Å²) in [6.07, 6.45) is 1.32. The predicted octanol–water partition coefficient (Wildman–Crippen LogP) is -1.57. The van der Waals surface area contributed by atoms with E-state index in [1.165, 1.54) is 24.8 Å². The van der Waals surface area contributed by atoms with Gasteiger partial charge >= 0.3 is 0 Å². The molecule has 0 radical (unpaired) electrons. The Morgan fingerprint density at radius 3 is 2.39 bits per heavy atom. The molecular weight excluding hydrogens is 238 g/mol. The zero-order chi connectivity index (χ0) is 13.3. The minimum Gasteiger partial charge on any atom is -0.383 e. The fourth-order valence-electron chi connectivity index (χ4n) is 1.44. The molecule has 0 fully saturated rings. The van der Waals surface area contributed by atoms with Crippen LogP contribution < -0.4 is 16.4 Å². The highest BCUT2D eigenvalue weighted by atomic mass is 16.2. The number of imidazole rings is 1. The van der Waals surface area contributed by atoms with E-state index in [4.69, 9.17) is 5.73 Å². The second kappa shape index (κ2) is 4.28. The average molecular weight is 249 g/mol. The third-order valence-corrected chi connectivity index (χ3v) is 2.37. The van der Waals surface area contributed by atoms with E-state index in [0.717, 1.165) is 0 Å². The lowest BCUT2D eigenvalue weighted by molar-refractivity contribution is 0.0952. The van der Waals surface area contributed by atoms with Gasteiger partial charge < -0.3 is 16.4 Å². The van der Waals surface area contributed by atoms with Gasteiger partial charge in [0.05, 0.1) is 0 Å². The molecule has 4 N–H and O–H groups in total. The highest BCUT2D eigenvalue weighted by Gasteiger charge is 2.19. The number of amides is 2. The van der Waals surface area contributed by atoms with Crippen molar-refractivity contribution >= 4 is 23.3 Å². The zero-order valence-electron chi connectivity index (χ0n) is 9.76. The summed E-state index contributed by atoms with van der Waals surface area (Å²) in [5, 5.41) is 12.3. The Kier molecular flexibility index (Phi) is 2.80. The molecule has 0 aliphatic rings. The maximum atomic E-state index is 11.5. The van der Waals surface area contributed by atoms with E-state index in [0.29, 0.717) is 0 Å². The highest BCUT2D eigenvalue weighted by molar-refractivity contribution is 5.99. The number of hydrogen-bond acceptors (Lipinski definition) is 6. The second-order valence-electron chi connectivity index (χ2n) is 3.38. The van der Waals surface area contributed by atoms with Gasteiger partial charge in [0, 0.05) is 14.1 Å². The number of hydrogen-bond donors (Lipinski definition) is 3. The average Bonchev–Trinajstić information content (AvgIpc) is 2.82. The summed E-state index contributed by atoms with van der Waals surface area (Å²) >= 11 is 0. The molecule has 0 spiro atoms. The summed E-state index contributed by atoms with van der Waals surface area (Å²) in [7, 11) is 2.93. The molecule has 0 aliphatic heterocycles. The van der Waals surface area contributed by atoms with Crippen molar-refractivity contribution in [2.45, 2.75) is 0 Å². The molecule has 2 aromatic rings. The molecular formula is C9H11N7O2. The van der Waals surface area contributed by atoms with Gasteiger partial charge in [0.25, 0.3) is 11.8 Å². The number of carbonyl (C=O) groups excluding carboxylic acids is 2. The van der Waals surface area contributed by atoms with Crippen LogP contribution in [0.15, 0.2) is 6.33 Å². The van der Waals surface area contributed by atoms with Gasteiger partial charge in [-0.25, -0.2) is 4.98 Å². The van der Waals surface area contributed by atoms with Crippen LogP contribution in [0.1, 0.15) is 21.0 Å². The first-order valence-corrected chi connectivity index (χ1v) is 5.03. The smallest absolute Gasteiger partial charge is 0.275 e. The van der Waals surface area contributed by atoms with Crippen LogP contribution >= 0.6 is 0 Å². The number of nitrogens with one attached hydrogen (secondary N) is 2. The van der Waals surface area contributed by atoms with Crippen molar-refractivity contribution in [2.24, 2.45) is 0 Å². The standard InChI is InChI=1S/C9H11N7O2/c1-11-8(17)4-6(10)16-3-13-5(9(18)12-2)7(16)15-14-4/h3H,10H2,1-2H3,(H,11,17)(H,12,18). The molecule has 0 unspecified atom stereocenters. The Balaban J connectivity index is 2.64. The highest BCUT2D eigenvalue weighted by Crippen LogP contribution is 2.13. The molecule has 2 amide bonds. The first-order chi connectivity index (χ1) is 8.60. The molecule has 2 rings (SSSR count). The van der Waals surface area contributed by atoms with Crippen LogP contribution in [0.25, 0.3) is 5.65 Å². The maximum Gasteiger partial charge on any atom is 0.275 e. The van der Waals surface area contributed by atoms with Crippen molar-refractivity contribution in [1.29, 1.82) is 0 Å². The summed E-state index contributed by atoms with van der Waals surface area (Å²) in [5.41, 5.74) is 6.05. The summed E-state index contributed by atoms with van der Waals surface area (Å²) in [5.74, 6) is -0.794. The Morgan fingerprint density at radius 1 is 1.17 bits per heavy atom. The monoisotopic (exact) mass is 249 g/mol. The van der Waals surface area contributed by atoms with E-state index in [-0.39, 0.29) is 22.9 Å². The van der Waals surface area contributed by atoms with Crippen molar-refractivity contribution in [2.75, 3.05) is 19.8 Å². The second-order valence-corrected chi connectivity index (χ2v) is 3.38. The van der Waals surface area contributed by atoms with Gasteiger partial charge in [-0.1, -0.05) is 0 Å². The Bertz CT molecular complexity index is 633. The minimum absolute atomic E-state index is 0.0224. The first-order valence-electron chi connectivity index (χ1n) is 5.03. The number of nitrogen functional groups attached to an aromatic ring is 1. The zero-order valence-corrected chi connectivity index (χ0v) is 9.76. The SMILES string of the molecule is CNC(=O)c1nnc2c(C(=O)NC)ncn2c1N. The molecule has 9 nitrogen and oxygen atoms in total. The third-order valence-electron chi connectivity index (χ3n) is 2.37. The van der Waals surface area contributed by atoms with Crippen LogP contribution in [0.5, 0.6) is 0 Å². The number of anilines is 1. The lowest BCUT2D eigenvalue weighted by atomic mass is 10.4. The molecule has 18 heavy (non-hydrogen) atoms. The van der Waals surface area contributed by atoms with Crippen LogP contribution in [0.2, 0.25) is 0 Å². The predicted molar refractivity (Wildman–Crippen MR) is 62.0 cm³/mol. The third kappa shape index (κ3) is 1.61. The first kappa shape index (κ1) is 11.8. The molecule has 0 aliphatic carbocycles. The molecule has 0 atom stereocenters. The summed E-state index contributed by atoms with van der Waals surface area (Å²) in [4.78, 5) is 26.9. The van der Waals surface area contributed by atoms with Crippen molar-refractivity contribution < 1.29 is 9.59 Å². The number of fused-ring (bicyclic) bond motifs is 1. The molecule has 94 valence electrons. The van der Waals surface area contributed by atoms with Crippen LogP contribution in [0.4, 0.5) is 5.82 Å². The summed E-state index contributed by atoms with van der Waals surface area (Å²) in [6.45, 7) is 0. The quantitative estimate of drug-likeness (QED) is 0.589. The van der Waals surface area contributed by atoms with Gasteiger partial charge in [0.15, 0.2) is 17.0 Å². The Hall–Kier alpha value is -2.71. The van der Waals surface area contributed by atoms with Gasteiger partial charge in [-0.2, -0.15) is 0 Å². The molecule has 0 saturated heterocycles. The molecule has 0 bridgehead atoms. The topological polar surface area (TPSA) is 127 Å². The fourth-order valence-corrected chi connectivity index (χ4v) is 1.44. The van der Waals surface area contributed by atoms with E-state index < -0.39 is 11.8 Å². The van der Waals surface area contributed by atoms with Gasteiger partial charge in [-0.15, -0.1) is 10.2 Å². The normalized spacial score (nSPS) is 10.3. The van der Waals surface area contributed by atoms with Gasteiger partial charge in [-0.05, 0) is 0 Å².